The molecule has 2 rings (SSSR count). The average Bonchev–Trinajstić information content (AvgIpc) is 2.38. The van der Waals surface area contributed by atoms with Crippen LogP contribution in [-0.2, 0) is 23.8 Å². The highest BCUT2D eigenvalue weighted by Crippen LogP contribution is 2.19. The van der Waals surface area contributed by atoms with Gasteiger partial charge in [0.2, 0.25) is 0 Å². The van der Waals surface area contributed by atoms with Crippen LogP contribution in [0.25, 0.3) is 0 Å². The Hall–Kier alpha value is -0.950. The zero-order valence-electron chi connectivity index (χ0n) is 12.0. The van der Waals surface area contributed by atoms with Gasteiger partial charge in [0.15, 0.2) is 0 Å². The Labute approximate surface area is 120 Å². The van der Waals surface area contributed by atoms with E-state index in [4.69, 9.17) is 13.7 Å². The van der Waals surface area contributed by atoms with Gasteiger partial charge < -0.3 is 9.47 Å². The third-order valence-electron chi connectivity index (χ3n) is 3.05. The molecule has 1 heterocycles. The minimum Gasteiger partial charge on any atom is -0.370 e. The van der Waals surface area contributed by atoms with Crippen LogP contribution in [0.4, 0.5) is 0 Å². The SMILES string of the molecule is Cc1ccc(S(=O)(=O)OCC2COC(C)(C)CO2)cc1. The van der Waals surface area contributed by atoms with E-state index in [-0.39, 0.29) is 23.2 Å². The molecule has 1 fully saturated rings. The highest BCUT2D eigenvalue weighted by molar-refractivity contribution is 7.86. The quantitative estimate of drug-likeness (QED) is 0.795. The van der Waals surface area contributed by atoms with Crippen molar-refractivity contribution in [2.75, 3.05) is 19.8 Å². The molecule has 0 saturated carbocycles. The topological polar surface area (TPSA) is 61.8 Å². The summed E-state index contributed by atoms with van der Waals surface area (Å²) in [5.41, 5.74) is 0.668. The summed E-state index contributed by atoms with van der Waals surface area (Å²) < 4.78 is 40.1. The van der Waals surface area contributed by atoms with Gasteiger partial charge in [0, 0.05) is 0 Å². The fourth-order valence-corrected chi connectivity index (χ4v) is 2.70. The summed E-state index contributed by atoms with van der Waals surface area (Å²) >= 11 is 0. The van der Waals surface area contributed by atoms with Gasteiger partial charge in [0.1, 0.15) is 6.10 Å². The van der Waals surface area contributed by atoms with Gasteiger partial charge in [0.25, 0.3) is 10.1 Å². The van der Waals surface area contributed by atoms with Gasteiger partial charge in [0.05, 0.1) is 30.3 Å². The predicted octanol–water partition coefficient (Wildman–Crippen LogP) is 1.89. The summed E-state index contributed by atoms with van der Waals surface area (Å²) in [5.74, 6) is 0. The largest absolute Gasteiger partial charge is 0.370 e. The molecule has 0 N–H and O–H groups in total. The minimum atomic E-state index is -3.74. The zero-order valence-corrected chi connectivity index (χ0v) is 12.8. The molecular formula is C14H20O5S. The first kappa shape index (κ1) is 15.4. The van der Waals surface area contributed by atoms with Crippen molar-refractivity contribution in [3.8, 4) is 0 Å². The normalized spacial score (nSPS) is 22.6. The molecule has 112 valence electrons. The Balaban J connectivity index is 1.92. The second kappa shape index (κ2) is 5.81. The van der Waals surface area contributed by atoms with Crippen molar-refractivity contribution in [1.29, 1.82) is 0 Å². The molecule has 1 aromatic rings. The van der Waals surface area contributed by atoms with E-state index in [1.54, 1.807) is 12.1 Å². The zero-order chi connectivity index (χ0) is 14.8. The van der Waals surface area contributed by atoms with Crippen LogP contribution in [0.2, 0.25) is 0 Å². The van der Waals surface area contributed by atoms with Gasteiger partial charge in [-0.2, -0.15) is 8.42 Å². The standard InChI is InChI=1S/C14H20O5S/c1-11-4-6-13(7-5-11)20(15,16)19-9-12-8-18-14(2,3)10-17-12/h4-7,12H,8-10H2,1-3H3. The molecule has 20 heavy (non-hydrogen) atoms. The number of rotatable bonds is 4. The lowest BCUT2D eigenvalue weighted by molar-refractivity contribution is -0.180. The smallest absolute Gasteiger partial charge is 0.297 e. The van der Waals surface area contributed by atoms with Crippen LogP contribution < -0.4 is 0 Å². The van der Waals surface area contributed by atoms with Crippen molar-refractivity contribution < 1.29 is 22.1 Å². The molecule has 6 heteroatoms. The number of hydrogen-bond donors (Lipinski definition) is 0. The molecule has 1 aliphatic rings. The maximum absolute atomic E-state index is 12.0. The molecule has 0 spiro atoms. The van der Waals surface area contributed by atoms with Crippen LogP contribution in [0.15, 0.2) is 29.2 Å². The molecule has 1 aromatic carbocycles. The van der Waals surface area contributed by atoms with Crippen LogP contribution >= 0.6 is 0 Å². The predicted molar refractivity (Wildman–Crippen MR) is 74.1 cm³/mol. The minimum absolute atomic E-state index is 0.0354. The van der Waals surface area contributed by atoms with Gasteiger partial charge in [-0.05, 0) is 32.9 Å². The summed E-state index contributed by atoms with van der Waals surface area (Å²) in [4.78, 5) is 0.153. The van der Waals surface area contributed by atoms with E-state index in [1.165, 1.54) is 12.1 Å². The number of aryl methyl sites for hydroxylation is 1. The Morgan fingerprint density at radius 2 is 1.95 bits per heavy atom. The van der Waals surface area contributed by atoms with E-state index in [0.29, 0.717) is 13.2 Å². The Morgan fingerprint density at radius 1 is 1.30 bits per heavy atom. The molecule has 0 radical (unpaired) electrons. The van der Waals surface area contributed by atoms with E-state index in [1.807, 2.05) is 20.8 Å². The summed E-state index contributed by atoms with van der Waals surface area (Å²) in [6.45, 7) is 6.46. The fourth-order valence-electron chi connectivity index (χ4n) is 1.76. The average molecular weight is 300 g/mol. The molecule has 0 bridgehead atoms. The highest BCUT2D eigenvalue weighted by Gasteiger charge is 2.29. The summed E-state index contributed by atoms with van der Waals surface area (Å²) in [6, 6.07) is 6.54. The lowest BCUT2D eigenvalue weighted by atomic mass is 10.1. The fraction of sp³-hybridized carbons (Fsp3) is 0.571. The molecule has 0 amide bonds. The van der Waals surface area contributed by atoms with Crippen LogP contribution in [0.5, 0.6) is 0 Å². The second-order valence-corrected chi connectivity index (χ2v) is 7.17. The Kier molecular flexibility index (Phi) is 4.49. The van der Waals surface area contributed by atoms with Crippen molar-refractivity contribution in [1.82, 2.24) is 0 Å². The maximum Gasteiger partial charge on any atom is 0.297 e. The van der Waals surface area contributed by atoms with Gasteiger partial charge in [-0.15, -0.1) is 0 Å². The second-order valence-electron chi connectivity index (χ2n) is 5.56. The van der Waals surface area contributed by atoms with Crippen LogP contribution in [-0.4, -0.2) is 39.9 Å². The first-order valence-corrected chi connectivity index (χ1v) is 7.91. The van der Waals surface area contributed by atoms with E-state index < -0.39 is 10.1 Å². The molecule has 1 aliphatic heterocycles. The van der Waals surface area contributed by atoms with Crippen molar-refractivity contribution in [3.05, 3.63) is 29.8 Å². The van der Waals surface area contributed by atoms with Crippen molar-refractivity contribution >= 4 is 10.1 Å². The Morgan fingerprint density at radius 3 is 2.50 bits per heavy atom. The van der Waals surface area contributed by atoms with Crippen LogP contribution in [0, 0.1) is 6.92 Å². The van der Waals surface area contributed by atoms with Crippen molar-refractivity contribution in [3.63, 3.8) is 0 Å². The lowest BCUT2D eigenvalue weighted by Crippen LogP contribution is -2.44. The molecule has 1 saturated heterocycles. The summed E-state index contributed by atoms with van der Waals surface area (Å²) in [5, 5.41) is 0. The van der Waals surface area contributed by atoms with Gasteiger partial charge in [-0.25, -0.2) is 0 Å². The van der Waals surface area contributed by atoms with Crippen LogP contribution in [0.1, 0.15) is 19.4 Å². The molecule has 5 nitrogen and oxygen atoms in total. The Bertz CT molecular complexity index is 537. The number of ether oxygens (including phenoxy) is 2. The van der Waals surface area contributed by atoms with Crippen molar-refractivity contribution in [2.45, 2.75) is 37.4 Å². The third-order valence-corrected chi connectivity index (χ3v) is 4.34. The monoisotopic (exact) mass is 300 g/mol. The highest BCUT2D eigenvalue weighted by atomic mass is 32.2. The summed E-state index contributed by atoms with van der Waals surface area (Å²) in [7, 11) is -3.74. The molecular weight excluding hydrogens is 280 g/mol. The van der Waals surface area contributed by atoms with Gasteiger partial charge >= 0.3 is 0 Å². The molecule has 1 atom stereocenters. The maximum atomic E-state index is 12.0. The summed E-state index contributed by atoms with van der Waals surface area (Å²) in [6.07, 6.45) is -0.358. The van der Waals surface area contributed by atoms with E-state index in [9.17, 15) is 8.42 Å². The molecule has 0 aliphatic carbocycles. The number of benzene rings is 1. The van der Waals surface area contributed by atoms with E-state index in [0.717, 1.165) is 5.56 Å². The van der Waals surface area contributed by atoms with Crippen molar-refractivity contribution in [2.24, 2.45) is 0 Å². The third kappa shape index (κ3) is 4.02. The molecule has 0 aromatic heterocycles. The number of hydrogen-bond acceptors (Lipinski definition) is 5. The first-order chi connectivity index (χ1) is 9.28. The van der Waals surface area contributed by atoms with E-state index in [2.05, 4.69) is 0 Å². The van der Waals surface area contributed by atoms with Gasteiger partial charge in [-0.1, -0.05) is 17.7 Å². The van der Waals surface area contributed by atoms with Gasteiger partial charge in [-0.3, -0.25) is 4.18 Å². The first-order valence-electron chi connectivity index (χ1n) is 6.50. The lowest BCUT2D eigenvalue weighted by Gasteiger charge is -2.34. The van der Waals surface area contributed by atoms with Crippen LogP contribution in [0.3, 0.4) is 0 Å². The van der Waals surface area contributed by atoms with E-state index >= 15 is 0 Å². The molecule has 1 unspecified atom stereocenters.